The number of carbonyl (C=O) groups is 1. The van der Waals surface area contributed by atoms with Crippen molar-refractivity contribution < 1.29 is 14.3 Å². The van der Waals surface area contributed by atoms with Crippen molar-refractivity contribution in [2.24, 2.45) is 0 Å². The Kier molecular flexibility index (Phi) is 3.25. The van der Waals surface area contributed by atoms with Gasteiger partial charge in [-0.3, -0.25) is 0 Å². The van der Waals surface area contributed by atoms with Gasteiger partial charge in [0.15, 0.2) is 0 Å². The molecule has 14 heavy (non-hydrogen) atoms. The second kappa shape index (κ2) is 4.24. The van der Waals surface area contributed by atoms with Crippen LogP contribution < -0.4 is 0 Å². The van der Waals surface area contributed by atoms with Gasteiger partial charge in [0.2, 0.25) is 0 Å². The number of carboxylic acid groups (broad SMARTS) is 1. The van der Waals surface area contributed by atoms with E-state index in [1.54, 1.807) is 6.92 Å². The molecule has 0 aliphatic carbocycles. The van der Waals surface area contributed by atoms with E-state index in [4.69, 9.17) is 16.7 Å². The highest BCUT2D eigenvalue weighted by Gasteiger charge is 2.06. The molecule has 0 aliphatic rings. The van der Waals surface area contributed by atoms with E-state index in [-0.39, 0.29) is 10.6 Å². The van der Waals surface area contributed by atoms with Crippen LogP contribution in [-0.4, -0.2) is 11.1 Å². The normalized spacial score (nSPS) is 10.8. The smallest absolute Gasteiger partial charge is 0.328 e. The quantitative estimate of drug-likeness (QED) is 0.769. The molecule has 4 heteroatoms. The molecule has 1 aromatic rings. The summed E-state index contributed by atoms with van der Waals surface area (Å²) in [6.07, 6.45) is 2.00. The Hall–Kier alpha value is -1.35. The number of hydrogen-bond acceptors (Lipinski definition) is 1. The van der Waals surface area contributed by atoms with Gasteiger partial charge in [-0.15, -0.1) is 0 Å². The third-order valence-electron chi connectivity index (χ3n) is 1.71. The monoisotopic (exact) mass is 214 g/mol. The summed E-state index contributed by atoms with van der Waals surface area (Å²) in [6.45, 7) is 1.72. The summed E-state index contributed by atoms with van der Waals surface area (Å²) in [6, 6.07) is 2.79. The molecule has 0 saturated heterocycles. The van der Waals surface area contributed by atoms with E-state index >= 15 is 0 Å². The maximum Gasteiger partial charge on any atom is 0.328 e. The maximum atomic E-state index is 13.2. The van der Waals surface area contributed by atoms with Crippen molar-refractivity contribution in [2.45, 2.75) is 6.92 Å². The first kappa shape index (κ1) is 10.7. The van der Waals surface area contributed by atoms with Crippen LogP contribution in [-0.2, 0) is 4.79 Å². The lowest BCUT2D eigenvalue weighted by Crippen LogP contribution is -1.90. The van der Waals surface area contributed by atoms with Gasteiger partial charge in [-0.25, -0.2) is 9.18 Å². The number of aryl methyl sites for hydroxylation is 1. The molecule has 2 nitrogen and oxygen atoms in total. The van der Waals surface area contributed by atoms with Gasteiger partial charge in [-0.05, 0) is 24.6 Å². The van der Waals surface area contributed by atoms with Crippen LogP contribution in [0.3, 0.4) is 0 Å². The summed E-state index contributed by atoms with van der Waals surface area (Å²) in [7, 11) is 0. The predicted molar refractivity (Wildman–Crippen MR) is 52.8 cm³/mol. The Morgan fingerprint density at radius 2 is 2.21 bits per heavy atom. The van der Waals surface area contributed by atoms with Crippen LogP contribution in [0.15, 0.2) is 18.2 Å². The minimum Gasteiger partial charge on any atom is -0.478 e. The highest BCUT2D eigenvalue weighted by atomic mass is 35.5. The molecule has 0 aliphatic heterocycles. The molecule has 0 fully saturated rings. The van der Waals surface area contributed by atoms with Crippen molar-refractivity contribution in [3.8, 4) is 0 Å². The summed E-state index contributed by atoms with van der Waals surface area (Å²) in [5.74, 6) is -1.67. The Morgan fingerprint density at radius 1 is 1.57 bits per heavy atom. The van der Waals surface area contributed by atoms with Crippen LogP contribution in [0.25, 0.3) is 6.08 Å². The average molecular weight is 215 g/mol. The zero-order valence-corrected chi connectivity index (χ0v) is 8.18. The molecule has 0 bridgehead atoms. The van der Waals surface area contributed by atoms with Crippen LogP contribution in [0.2, 0.25) is 5.02 Å². The summed E-state index contributed by atoms with van der Waals surface area (Å²) < 4.78 is 13.2. The zero-order chi connectivity index (χ0) is 10.7. The SMILES string of the molecule is Cc1ccc(F)c(C=CC(=O)O)c1Cl. The van der Waals surface area contributed by atoms with Crippen molar-refractivity contribution in [2.75, 3.05) is 0 Å². The Labute approximate surface area is 85.6 Å². The fourth-order valence-corrected chi connectivity index (χ4v) is 1.20. The Balaban J connectivity index is 3.19. The topological polar surface area (TPSA) is 37.3 Å². The second-order valence-corrected chi connectivity index (χ2v) is 3.14. The third kappa shape index (κ3) is 2.33. The first-order chi connectivity index (χ1) is 6.52. The molecule has 0 atom stereocenters. The van der Waals surface area contributed by atoms with Crippen LogP contribution in [0.4, 0.5) is 4.39 Å². The molecular weight excluding hydrogens is 207 g/mol. The fraction of sp³-hybridized carbons (Fsp3) is 0.100. The van der Waals surface area contributed by atoms with Gasteiger partial charge < -0.3 is 5.11 Å². The number of benzene rings is 1. The highest BCUT2D eigenvalue weighted by Crippen LogP contribution is 2.24. The minimum absolute atomic E-state index is 0.106. The van der Waals surface area contributed by atoms with Crippen molar-refractivity contribution in [3.63, 3.8) is 0 Å². The zero-order valence-electron chi connectivity index (χ0n) is 7.42. The number of aliphatic carboxylic acids is 1. The average Bonchev–Trinajstić information content (AvgIpc) is 2.11. The molecule has 0 saturated carbocycles. The first-order valence-electron chi connectivity index (χ1n) is 3.88. The Bertz CT molecular complexity index is 399. The number of rotatable bonds is 2. The van der Waals surface area contributed by atoms with Crippen LogP contribution in [0.1, 0.15) is 11.1 Å². The molecule has 0 unspecified atom stereocenters. The summed E-state index contributed by atoms with van der Waals surface area (Å²) in [5, 5.41) is 8.61. The summed E-state index contributed by atoms with van der Waals surface area (Å²) in [5.41, 5.74) is 0.812. The molecule has 0 radical (unpaired) electrons. The van der Waals surface area contributed by atoms with E-state index in [0.717, 1.165) is 12.2 Å². The van der Waals surface area contributed by atoms with Crippen molar-refractivity contribution in [1.29, 1.82) is 0 Å². The van der Waals surface area contributed by atoms with Crippen LogP contribution in [0, 0.1) is 12.7 Å². The van der Waals surface area contributed by atoms with E-state index < -0.39 is 11.8 Å². The van der Waals surface area contributed by atoms with Gasteiger partial charge in [0.1, 0.15) is 5.82 Å². The van der Waals surface area contributed by atoms with Crippen molar-refractivity contribution in [1.82, 2.24) is 0 Å². The predicted octanol–water partition coefficient (Wildman–Crippen LogP) is 2.89. The van der Waals surface area contributed by atoms with Gasteiger partial charge >= 0.3 is 5.97 Å². The molecular formula is C10H8ClFO2. The first-order valence-corrected chi connectivity index (χ1v) is 4.26. The third-order valence-corrected chi connectivity index (χ3v) is 2.21. The van der Waals surface area contributed by atoms with Gasteiger partial charge in [-0.2, -0.15) is 0 Å². The Morgan fingerprint density at radius 3 is 2.79 bits per heavy atom. The van der Waals surface area contributed by atoms with Gasteiger partial charge in [0.25, 0.3) is 0 Å². The molecule has 0 spiro atoms. The maximum absolute atomic E-state index is 13.2. The van der Waals surface area contributed by atoms with E-state index in [0.29, 0.717) is 5.56 Å². The summed E-state index contributed by atoms with van der Waals surface area (Å²) >= 11 is 5.80. The number of carboxylic acids is 1. The number of halogens is 2. The lowest BCUT2D eigenvalue weighted by atomic mass is 10.1. The van der Waals surface area contributed by atoms with Crippen molar-refractivity contribution in [3.05, 3.63) is 40.2 Å². The molecule has 0 amide bonds. The second-order valence-electron chi connectivity index (χ2n) is 2.76. The van der Waals surface area contributed by atoms with E-state index in [9.17, 15) is 9.18 Å². The lowest BCUT2D eigenvalue weighted by Gasteiger charge is -2.02. The van der Waals surface area contributed by atoms with E-state index in [1.807, 2.05) is 0 Å². The highest BCUT2D eigenvalue weighted by molar-refractivity contribution is 6.32. The molecule has 1 N–H and O–H groups in total. The van der Waals surface area contributed by atoms with Crippen LogP contribution in [0.5, 0.6) is 0 Å². The molecule has 0 aromatic heterocycles. The van der Waals surface area contributed by atoms with Gasteiger partial charge in [0, 0.05) is 11.6 Å². The molecule has 1 rings (SSSR count). The van der Waals surface area contributed by atoms with E-state index in [1.165, 1.54) is 12.1 Å². The van der Waals surface area contributed by atoms with Crippen molar-refractivity contribution >= 4 is 23.6 Å². The lowest BCUT2D eigenvalue weighted by molar-refractivity contribution is -0.131. The van der Waals surface area contributed by atoms with Gasteiger partial charge in [-0.1, -0.05) is 17.7 Å². The van der Waals surface area contributed by atoms with Crippen LogP contribution >= 0.6 is 11.6 Å². The molecule has 0 heterocycles. The fourth-order valence-electron chi connectivity index (χ4n) is 0.986. The largest absolute Gasteiger partial charge is 0.478 e. The van der Waals surface area contributed by atoms with Gasteiger partial charge in [0.05, 0.1) is 5.02 Å². The van der Waals surface area contributed by atoms with E-state index in [2.05, 4.69) is 0 Å². The summed E-state index contributed by atoms with van der Waals surface area (Å²) in [4.78, 5) is 10.2. The standard InChI is InChI=1S/C10H8ClFO2/c1-6-2-4-8(12)7(10(6)11)3-5-9(13)14/h2-5H,1H3,(H,13,14). The molecule has 1 aromatic carbocycles. The minimum atomic E-state index is -1.14. The number of hydrogen-bond donors (Lipinski definition) is 1. The molecule has 74 valence electrons.